The van der Waals surface area contributed by atoms with Crippen molar-refractivity contribution in [2.75, 3.05) is 0 Å². The Morgan fingerprint density at radius 2 is 2.06 bits per heavy atom. The van der Waals surface area contributed by atoms with Crippen molar-refractivity contribution in [3.05, 3.63) is 60.5 Å². The number of nitrogens with zero attached hydrogens (tertiary/aromatic N) is 2. The molecule has 16 heavy (non-hydrogen) atoms. The van der Waals surface area contributed by atoms with Crippen molar-refractivity contribution in [1.82, 2.24) is 0 Å². The maximum absolute atomic E-state index is 5.59. The lowest BCUT2D eigenvalue weighted by molar-refractivity contribution is 0.459. The Morgan fingerprint density at radius 1 is 1.31 bits per heavy atom. The van der Waals surface area contributed by atoms with Crippen LogP contribution >= 0.6 is 0 Å². The second-order valence-electron chi connectivity index (χ2n) is 3.17. The molecule has 0 unspecified atom stereocenters. The predicted molar refractivity (Wildman–Crippen MR) is 65.5 cm³/mol. The highest BCUT2D eigenvalue weighted by Gasteiger charge is 2.20. The minimum absolute atomic E-state index is 0.566. The first-order valence-corrected chi connectivity index (χ1v) is 5.02. The van der Waals surface area contributed by atoms with Crippen LogP contribution in [0.15, 0.2) is 64.9 Å². The summed E-state index contributed by atoms with van der Waals surface area (Å²) in [6.45, 7) is 5.44. The van der Waals surface area contributed by atoms with Gasteiger partial charge in [-0.25, -0.2) is 4.99 Å². The summed E-state index contributed by atoms with van der Waals surface area (Å²) in [5, 5.41) is 0. The van der Waals surface area contributed by atoms with Crippen LogP contribution in [0.1, 0.15) is 12.5 Å². The number of aliphatic imine (C=N–C) groups is 2. The number of benzene rings is 1. The zero-order valence-electron chi connectivity index (χ0n) is 9.05. The van der Waals surface area contributed by atoms with Crippen LogP contribution < -0.4 is 0 Å². The van der Waals surface area contributed by atoms with Gasteiger partial charge in [0, 0.05) is 11.8 Å². The third kappa shape index (κ3) is 1.93. The van der Waals surface area contributed by atoms with E-state index in [1.807, 2.05) is 43.3 Å². The van der Waals surface area contributed by atoms with E-state index in [0.29, 0.717) is 17.5 Å². The van der Waals surface area contributed by atoms with Gasteiger partial charge in [-0.05, 0) is 25.1 Å². The van der Waals surface area contributed by atoms with Gasteiger partial charge in [-0.3, -0.25) is 0 Å². The van der Waals surface area contributed by atoms with Gasteiger partial charge in [-0.1, -0.05) is 24.8 Å². The summed E-state index contributed by atoms with van der Waals surface area (Å²) in [6, 6.07) is 9.73. The van der Waals surface area contributed by atoms with E-state index in [2.05, 4.69) is 16.6 Å². The zero-order chi connectivity index (χ0) is 11.4. The second kappa shape index (κ2) is 4.57. The summed E-state index contributed by atoms with van der Waals surface area (Å²) >= 11 is 0. The molecule has 0 amide bonds. The highest BCUT2D eigenvalue weighted by atomic mass is 16.5. The van der Waals surface area contributed by atoms with Gasteiger partial charge in [-0.15, -0.1) is 0 Å². The lowest BCUT2D eigenvalue weighted by Gasteiger charge is -2.00. The topological polar surface area (TPSA) is 34.0 Å². The summed E-state index contributed by atoms with van der Waals surface area (Å²) < 4.78 is 5.59. The first kappa shape index (κ1) is 10.4. The van der Waals surface area contributed by atoms with Crippen LogP contribution in [0.3, 0.4) is 0 Å². The summed E-state index contributed by atoms with van der Waals surface area (Å²) in [6.07, 6.45) is 3.29. The molecule has 2 rings (SSSR count). The molecule has 0 N–H and O–H groups in total. The van der Waals surface area contributed by atoms with Gasteiger partial charge in [0.05, 0.1) is 0 Å². The molecule has 3 heteroatoms. The molecule has 1 aliphatic rings. The molecule has 0 atom stereocenters. The Bertz CT molecular complexity index is 484. The molecule has 0 aliphatic carbocycles. The molecule has 0 saturated heterocycles. The molecule has 0 aromatic heterocycles. The largest absolute Gasteiger partial charge is 0.435 e. The van der Waals surface area contributed by atoms with Crippen molar-refractivity contribution in [3.8, 4) is 0 Å². The van der Waals surface area contributed by atoms with Gasteiger partial charge in [-0.2, -0.15) is 4.99 Å². The number of allylic oxidation sites excluding steroid dienone is 1. The summed E-state index contributed by atoms with van der Waals surface area (Å²) in [5.41, 5.74) is 0.941. The minimum atomic E-state index is 0.566. The molecule has 80 valence electrons. The number of amidine groups is 1. The highest BCUT2D eigenvalue weighted by Crippen LogP contribution is 2.17. The number of ether oxygens (including phenoxy) is 1. The van der Waals surface area contributed by atoms with Gasteiger partial charge in [0.1, 0.15) is 0 Å². The summed E-state index contributed by atoms with van der Waals surface area (Å²) in [4.78, 5) is 8.36. The fraction of sp³-hybridized carbons (Fsp3) is 0.0769. The highest BCUT2D eigenvalue weighted by molar-refractivity contribution is 6.14. The number of hydrogen-bond acceptors (Lipinski definition) is 2. The smallest absolute Gasteiger partial charge is 0.228 e. The van der Waals surface area contributed by atoms with Gasteiger partial charge in [0.25, 0.3) is 0 Å². The molecule has 3 nitrogen and oxygen atoms in total. The summed E-state index contributed by atoms with van der Waals surface area (Å²) in [5.74, 6) is 1.81. The Morgan fingerprint density at radius 3 is 2.69 bits per heavy atom. The molecular formula is C13H12N2O. The fourth-order valence-electron chi connectivity index (χ4n) is 1.40. The van der Waals surface area contributed by atoms with Crippen LogP contribution in [0.2, 0.25) is 0 Å². The Hall–Kier alpha value is -2.16. The van der Waals surface area contributed by atoms with E-state index in [9.17, 15) is 0 Å². The van der Waals surface area contributed by atoms with Crippen molar-refractivity contribution in [1.29, 1.82) is 0 Å². The van der Waals surface area contributed by atoms with Crippen LogP contribution in [-0.4, -0.2) is 11.7 Å². The van der Waals surface area contributed by atoms with Gasteiger partial charge >= 0.3 is 0 Å². The maximum Gasteiger partial charge on any atom is 0.228 e. The molecular weight excluding hydrogens is 200 g/mol. The third-order valence-electron chi connectivity index (χ3n) is 2.13. The quantitative estimate of drug-likeness (QED) is 0.742. The van der Waals surface area contributed by atoms with Crippen molar-refractivity contribution in [3.63, 3.8) is 0 Å². The van der Waals surface area contributed by atoms with Crippen molar-refractivity contribution in [2.45, 2.75) is 6.92 Å². The van der Waals surface area contributed by atoms with Crippen LogP contribution in [0.25, 0.3) is 0 Å². The molecule has 1 aliphatic heterocycles. The molecule has 1 aromatic carbocycles. The Balaban J connectivity index is 2.37. The second-order valence-corrected chi connectivity index (χ2v) is 3.17. The van der Waals surface area contributed by atoms with E-state index < -0.39 is 0 Å². The van der Waals surface area contributed by atoms with Crippen LogP contribution in [0, 0.1) is 0 Å². The Kier molecular flexibility index (Phi) is 2.96. The average Bonchev–Trinajstić information content (AvgIpc) is 2.74. The van der Waals surface area contributed by atoms with Crippen molar-refractivity contribution < 1.29 is 4.74 Å². The normalized spacial score (nSPS) is 19.7. The standard InChI is InChI=1S/C13H12N2O/c1-3-11-12(14-4-2)15-13(16-11)10-8-6-5-7-9-10/h3-9H,2H2,1H3/b11-3+,14-12?. The predicted octanol–water partition coefficient (Wildman–Crippen LogP) is 2.91. The first-order chi connectivity index (χ1) is 7.85. The SMILES string of the molecule is C=CN=C1N=C(c2ccccc2)O/C1=C/C. The minimum Gasteiger partial charge on any atom is -0.435 e. The van der Waals surface area contributed by atoms with E-state index >= 15 is 0 Å². The summed E-state index contributed by atoms with van der Waals surface area (Å²) in [7, 11) is 0. The van der Waals surface area contributed by atoms with Gasteiger partial charge in [0.15, 0.2) is 11.6 Å². The van der Waals surface area contributed by atoms with E-state index in [-0.39, 0.29) is 0 Å². The third-order valence-corrected chi connectivity index (χ3v) is 2.13. The van der Waals surface area contributed by atoms with Crippen molar-refractivity contribution >= 4 is 11.7 Å². The van der Waals surface area contributed by atoms with Gasteiger partial charge in [0.2, 0.25) is 5.90 Å². The molecule has 0 saturated carbocycles. The monoisotopic (exact) mass is 212 g/mol. The van der Waals surface area contributed by atoms with Crippen molar-refractivity contribution in [2.24, 2.45) is 9.98 Å². The number of hydrogen-bond donors (Lipinski definition) is 0. The molecule has 0 bridgehead atoms. The lowest BCUT2D eigenvalue weighted by atomic mass is 10.2. The van der Waals surface area contributed by atoms with E-state index in [0.717, 1.165) is 5.56 Å². The number of rotatable bonds is 2. The van der Waals surface area contributed by atoms with E-state index in [1.54, 1.807) is 0 Å². The first-order valence-electron chi connectivity index (χ1n) is 5.02. The average molecular weight is 212 g/mol. The van der Waals surface area contributed by atoms with Crippen LogP contribution in [0.4, 0.5) is 0 Å². The fourth-order valence-corrected chi connectivity index (χ4v) is 1.40. The Labute approximate surface area is 94.5 Å². The maximum atomic E-state index is 5.59. The molecule has 1 heterocycles. The lowest BCUT2D eigenvalue weighted by Crippen LogP contribution is -1.99. The zero-order valence-corrected chi connectivity index (χ0v) is 9.05. The van der Waals surface area contributed by atoms with Gasteiger partial charge < -0.3 is 4.74 Å². The molecule has 1 aromatic rings. The molecule has 0 spiro atoms. The van der Waals surface area contributed by atoms with E-state index in [1.165, 1.54) is 6.20 Å². The van der Waals surface area contributed by atoms with E-state index in [4.69, 9.17) is 4.74 Å². The molecule has 0 radical (unpaired) electrons. The van der Waals surface area contributed by atoms with Crippen LogP contribution in [0.5, 0.6) is 0 Å². The molecule has 0 fully saturated rings. The van der Waals surface area contributed by atoms with Crippen LogP contribution in [-0.2, 0) is 4.74 Å².